The van der Waals surface area contributed by atoms with Gasteiger partial charge < -0.3 is 10.1 Å². The van der Waals surface area contributed by atoms with E-state index in [-0.39, 0.29) is 0 Å². The summed E-state index contributed by atoms with van der Waals surface area (Å²) >= 11 is 0. The van der Waals surface area contributed by atoms with Crippen molar-refractivity contribution in [3.8, 4) is 0 Å². The molecule has 0 saturated carbocycles. The predicted molar refractivity (Wildman–Crippen MR) is 49.4 cm³/mol. The number of aryl methyl sites for hydroxylation is 2. The van der Waals surface area contributed by atoms with Gasteiger partial charge in [0.2, 0.25) is 0 Å². The fourth-order valence-electron chi connectivity index (χ4n) is 1.33. The van der Waals surface area contributed by atoms with Gasteiger partial charge in [-0.05, 0) is 36.1 Å². The Bertz CT molecular complexity index is 517. The van der Waals surface area contributed by atoms with Crippen LogP contribution in [0.15, 0.2) is 12.1 Å². The summed E-state index contributed by atoms with van der Waals surface area (Å²) in [4.78, 5) is 11.2. The van der Waals surface area contributed by atoms with Gasteiger partial charge in [-0.25, -0.2) is 0 Å². The summed E-state index contributed by atoms with van der Waals surface area (Å²) in [6.45, 7) is 3.80. The van der Waals surface area contributed by atoms with Gasteiger partial charge in [-0.15, -0.1) is 0 Å². The molecule has 0 fully saturated rings. The van der Waals surface area contributed by atoms with Gasteiger partial charge in [-0.1, -0.05) is 6.07 Å². The highest BCUT2D eigenvalue weighted by atomic mass is 16.7. The summed E-state index contributed by atoms with van der Waals surface area (Å²) < 4.78 is 0. The van der Waals surface area contributed by atoms with Crippen LogP contribution in [0.5, 0.6) is 0 Å². The maximum Gasteiger partial charge on any atom is 0.183 e. The van der Waals surface area contributed by atoms with E-state index < -0.39 is 5.03 Å². The monoisotopic (exact) mass is 192 g/mol. The third-order valence-corrected chi connectivity index (χ3v) is 2.28. The minimum atomic E-state index is -0.593. The van der Waals surface area contributed by atoms with Gasteiger partial charge in [0.15, 0.2) is 10.7 Å². The normalized spacial score (nSPS) is 10.7. The summed E-state index contributed by atoms with van der Waals surface area (Å²) in [5.74, 6) is 0. The zero-order chi connectivity index (χ0) is 10.3. The molecule has 0 saturated heterocycles. The Hall–Kier alpha value is -1.98. The number of nitrogens with zero attached hydrogens (tertiary/aromatic N) is 4. The van der Waals surface area contributed by atoms with E-state index in [2.05, 4.69) is 10.3 Å². The second-order valence-corrected chi connectivity index (χ2v) is 3.09. The number of rotatable bonds is 1. The maximum atomic E-state index is 10.5. The van der Waals surface area contributed by atoms with Crippen molar-refractivity contribution >= 4 is 11.0 Å². The van der Waals surface area contributed by atoms with Crippen LogP contribution in [0.1, 0.15) is 11.1 Å². The SMILES string of the molecule is Cc1ccc2c(nnn2[N+](=O)[O-])c1C. The lowest BCUT2D eigenvalue weighted by atomic mass is 10.1. The van der Waals surface area contributed by atoms with Crippen molar-refractivity contribution < 1.29 is 5.03 Å². The van der Waals surface area contributed by atoms with Gasteiger partial charge >= 0.3 is 0 Å². The fourth-order valence-corrected chi connectivity index (χ4v) is 1.33. The van der Waals surface area contributed by atoms with E-state index in [1.165, 1.54) is 0 Å². The van der Waals surface area contributed by atoms with Crippen molar-refractivity contribution in [2.24, 2.45) is 0 Å². The lowest BCUT2D eigenvalue weighted by Gasteiger charge is -1.97. The predicted octanol–water partition coefficient (Wildman–Crippen LogP) is 1.09. The molecule has 1 heterocycles. The first-order chi connectivity index (χ1) is 6.61. The zero-order valence-corrected chi connectivity index (χ0v) is 7.76. The standard InChI is InChI=1S/C8H8N4O2/c1-5-3-4-7-8(6(5)2)9-10-11(7)12(13)14/h3-4H,1-2H3. The molecule has 72 valence electrons. The molecule has 2 rings (SSSR count). The number of aromatic nitrogens is 3. The summed E-state index contributed by atoms with van der Waals surface area (Å²) in [5, 5.41) is 17.2. The molecule has 0 radical (unpaired) electrons. The number of nitro groups is 1. The van der Waals surface area contributed by atoms with Gasteiger partial charge in [-0.3, -0.25) is 0 Å². The number of fused-ring (bicyclic) bond motifs is 1. The Morgan fingerprint density at radius 1 is 1.43 bits per heavy atom. The lowest BCUT2D eigenvalue weighted by molar-refractivity contribution is -0.549. The van der Waals surface area contributed by atoms with E-state index in [0.29, 0.717) is 15.8 Å². The molecule has 6 nitrogen and oxygen atoms in total. The molecule has 0 spiro atoms. The molecule has 0 bridgehead atoms. The quantitative estimate of drug-likeness (QED) is 0.500. The Balaban J connectivity index is 2.83. The van der Waals surface area contributed by atoms with E-state index in [0.717, 1.165) is 11.1 Å². The molecule has 6 heteroatoms. The third-order valence-electron chi connectivity index (χ3n) is 2.28. The highest BCUT2D eigenvalue weighted by molar-refractivity contribution is 5.78. The van der Waals surface area contributed by atoms with Gasteiger partial charge in [-0.2, -0.15) is 0 Å². The van der Waals surface area contributed by atoms with Crippen LogP contribution >= 0.6 is 0 Å². The highest BCUT2D eigenvalue weighted by Gasteiger charge is 2.15. The second-order valence-electron chi connectivity index (χ2n) is 3.09. The number of hydrogen-bond acceptors (Lipinski definition) is 4. The van der Waals surface area contributed by atoms with E-state index in [1.807, 2.05) is 19.9 Å². The molecule has 2 aromatic rings. The van der Waals surface area contributed by atoms with Crippen LogP contribution in [0.4, 0.5) is 0 Å². The smallest absolute Gasteiger partial charge is 0.183 e. The molecule has 0 aliphatic heterocycles. The molecule has 0 aliphatic rings. The van der Waals surface area contributed by atoms with Crippen LogP contribution in [-0.2, 0) is 0 Å². The van der Waals surface area contributed by atoms with Crippen LogP contribution in [0, 0.1) is 24.0 Å². The van der Waals surface area contributed by atoms with Crippen molar-refractivity contribution in [3.05, 3.63) is 33.4 Å². The van der Waals surface area contributed by atoms with Crippen molar-refractivity contribution in [2.75, 3.05) is 0 Å². The average Bonchev–Trinajstić information content (AvgIpc) is 2.55. The first kappa shape index (κ1) is 8.61. The molecule has 1 aromatic carbocycles. The summed E-state index contributed by atoms with van der Waals surface area (Å²) in [6, 6.07) is 3.47. The molecule has 0 N–H and O–H groups in total. The van der Waals surface area contributed by atoms with E-state index in [1.54, 1.807) is 6.07 Å². The van der Waals surface area contributed by atoms with Crippen molar-refractivity contribution in [1.82, 2.24) is 15.1 Å². The van der Waals surface area contributed by atoms with Crippen LogP contribution in [0.25, 0.3) is 11.0 Å². The number of hydrogen-bond donors (Lipinski definition) is 0. The molecular weight excluding hydrogens is 184 g/mol. The van der Waals surface area contributed by atoms with Gasteiger partial charge in [0, 0.05) is 0 Å². The summed E-state index contributed by atoms with van der Waals surface area (Å²) in [6.07, 6.45) is 0. The first-order valence-electron chi connectivity index (χ1n) is 4.07. The van der Waals surface area contributed by atoms with Crippen LogP contribution in [0.3, 0.4) is 0 Å². The zero-order valence-electron chi connectivity index (χ0n) is 7.76. The van der Waals surface area contributed by atoms with Crippen LogP contribution in [-0.4, -0.2) is 20.1 Å². The van der Waals surface area contributed by atoms with Gasteiger partial charge in [0.25, 0.3) is 0 Å². The molecule has 1 aromatic heterocycles. The van der Waals surface area contributed by atoms with E-state index in [9.17, 15) is 10.1 Å². The molecule has 0 amide bonds. The Kier molecular flexibility index (Phi) is 1.70. The third kappa shape index (κ3) is 1.04. The van der Waals surface area contributed by atoms with Crippen molar-refractivity contribution in [3.63, 3.8) is 0 Å². The average molecular weight is 192 g/mol. The summed E-state index contributed by atoms with van der Waals surface area (Å²) in [7, 11) is 0. The minimum absolute atomic E-state index is 0.429. The molecule has 0 aliphatic carbocycles. The minimum Gasteiger partial charge on any atom is -0.339 e. The number of benzene rings is 1. The van der Waals surface area contributed by atoms with E-state index in [4.69, 9.17) is 0 Å². The molecule has 0 unspecified atom stereocenters. The highest BCUT2D eigenvalue weighted by Crippen LogP contribution is 2.18. The Labute approximate surface area is 79.3 Å². The largest absolute Gasteiger partial charge is 0.339 e. The fraction of sp³-hybridized carbons (Fsp3) is 0.250. The Morgan fingerprint density at radius 3 is 2.79 bits per heavy atom. The first-order valence-corrected chi connectivity index (χ1v) is 4.07. The van der Waals surface area contributed by atoms with Crippen molar-refractivity contribution in [1.29, 1.82) is 0 Å². The summed E-state index contributed by atoms with van der Waals surface area (Å²) in [5.41, 5.74) is 2.99. The van der Waals surface area contributed by atoms with Crippen LogP contribution in [0.2, 0.25) is 0 Å². The van der Waals surface area contributed by atoms with Gasteiger partial charge in [0.1, 0.15) is 5.52 Å². The maximum absolute atomic E-state index is 10.5. The van der Waals surface area contributed by atoms with Crippen LogP contribution < -0.4 is 0 Å². The van der Waals surface area contributed by atoms with Crippen molar-refractivity contribution in [2.45, 2.75) is 13.8 Å². The Morgan fingerprint density at radius 2 is 2.14 bits per heavy atom. The topological polar surface area (TPSA) is 73.8 Å². The van der Waals surface area contributed by atoms with Gasteiger partial charge in [0.05, 0.1) is 9.82 Å². The lowest BCUT2D eigenvalue weighted by Crippen LogP contribution is -2.09. The molecule has 14 heavy (non-hydrogen) atoms. The van der Waals surface area contributed by atoms with E-state index >= 15 is 0 Å². The molecular formula is C8H8N4O2. The second kappa shape index (κ2) is 2.76. The molecule has 0 atom stereocenters.